The van der Waals surface area contributed by atoms with Crippen molar-refractivity contribution in [2.45, 2.75) is 108 Å². The number of aliphatic hydroxyl groups is 2. The number of carboxylic acids is 1. The number of aliphatic carboxylic acids is 1. The smallest absolute Gasteiger partial charge is 0.305 e. The number of carbonyl (C=O) groups is 2. The number of nitrogens with one attached hydrogen (secondary N) is 1. The van der Waals surface area contributed by atoms with E-state index in [1.165, 1.54) is 0 Å². The molecule has 0 aromatic heterocycles. The molecule has 0 aromatic carbocycles. The molecule has 5 atom stereocenters. The van der Waals surface area contributed by atoms with Crippen LogP contribution in [0.4, 0.5) is 0 Å². The van der Waals surface area contributed by atoms with Crippen LogP contribution in [-0.4, -0.2) is 51.9 Å². The molecule has 0 amide bonds. The number of unbranched alkanes of at least 4 members (excludes halogenated alkanes) is 4. The summed E-state index contributed by atoms with van der Waals surface area (Å²) in [6.07, 6.45) is 10.0. The minimum Gasteiger partial charge on any atom is -0.481 e. The monoisotopic (exact) mass is 371 g/mol. The van der Waals surface area contributed by atoms with E-state index in [1.54, 1.807) is 0 Å². The van der Waals surface area contributed by atoms with Crippen LogP contribution in [0, 0.1) is 5.92 Å². The van der Waals surface area contributed by atoms with Crippen LogP contribution < -0.4 is 5.32 Å². The Morgan fingerprint density at radius 3 is 2.42 bits per heavy atom. The summed E-state index contributed by atoms with van der Waals surface area (Å²) in [5, 5.41) is 31.4. The Hall–Kier alpha value is -0.980. The molecule has 0 spiro atoms. The molecule has 0 saturated carbocycles. The summed E-state index contributed by atoms with van der Waals surface area (Å²) in [6.45, 7) is 2.01. The average Bonchev–Trinajstić information content (AvgIpc) is 2.56. The van der Waals surface area contributed by atoms with E-state index in [2.05, 4.69) is 5.32 Å². The highest BCUT2D eigenvalue weighted by atomic mass is 16.4. The second-order valence-electron chi connectivity index (χ2n) is 7.90. The summed E-state index contributed by atoms with van der Waals surface area (Å²) in [7, 11) is 0. The van der Waals surface area contributed by atoms with Gasteiger partial charge in [-0.05, 0) is 44.9 Å². The maximum Gasteiger partial charge on any atom is 0.305 e. The first-order chi connectivity index (χ1) is 12.4. The van der Waals surface area contributed by atoms with Gasteiger partial charge in [0.15, 0.2) is 0 Å². The second-order valence-corrected chi connectivity index (χ2v) is 7.90. The standard InChI is InChI=1S/C20H37NO5/c1-15-19(24)10-9-17(21-15)13-16(11-12-22)7-5-3-2-4-6-8-18(23)14-20(25)26/h12,15-19,21,23-24H,2-11,13-14H2,1H3,(H,25,26)/t15-,16+,17-,18+,19+/m0/s1. The van der Waals surface area contributed by atoms with Gasteiger partial charge in [-0.25, -0.2) is 0 Å². The topological polar surface area (TPSA) is 107 Å². The van der Waals surface area contributed by atoms with Crippen LogP contribution in [0.25, 0.3) is 0 Å². The Kier molecular flexibility index (Phi) is 11.7. The Bertz CT molecular complexity index is 404. The SMILES string of the molecule is C[C@@H]1N[C@H](C[C@@H](CC=O)CCCCCCC[C@@H](O)CC(=O)O)CC[C@H]1O. The van der Waals surface area contributed by atoms with Crippen molar-refractivity contribution in [2.75, 3.05) is 0 Å². The third kappa shape index (κ3) is 10.2. The van der Waals surface area contributed by atoms with Gasteiger partial charge in [-0.1, -0.05) is 32.1 Å². The summed E-state index contributed by atoms with van der Waals surface area (Å²) in [4.78, 5) is 21.4. The summed E-state index contributed by atoms with van der Waals surface area (Å²) in [6, 6.07) is 0.524. The number of hydrogen-bond acceptors (Lipinski definition) is 5. The third-order valence-corrected chi connectivity index (χ3v) is 5.49. The molecule has 0 bridgehead atoms. The molecule has 0 unspecified atom stereocenters. The van der Waals surface area contributed by atoms with Crippen LogP contribution in [-0.2, 0) is 9.59 Å². The molecule has 1 rings (SSSR count). The lowest BCUT2D eigenvalue weighted by Crippen LogP contribution is -2.49. The molecule has 6 heteroatoms. The Balaban J connectivity index is 2.12. The Morgan fingerprint density at radius 1 is 1.15 bits per heavy atom. The van der Waals surface area contributed by atoms with Crippen LogP contribution in [0.3, 0.4) is 0 Å². The van der Waals surface area contributed by atoms with Crippen LogP contribution in [0.5, 0.6) is 0 Å². The molecule has 0 radical (unpaired) electrons. The zero-order valence-corrected chi connectivity index (χ0v) is 16.1. The fourth-order valence-electron chi connectivity index (χ4n) is 3.89. The van der Waals surface area contributed by atoms with Crippen molar-refractivity contribution in [1.29, 1.82) is 0 Å². The van der Waals surface area contributed by atoms with E-state index in [0.29, 0.717) is 24.8 Å². The highest BCUT2D eigenvalue weighted by Crippen LogP contribution is 2.24. The summed E-state index contributed by atoms with van der Waals surface area (Å²) >= 11 is 0. The molecule has 152 valence electrons. The van der Waals surface area contributed by atoms with Crippen molar-refractivity contribution in [3.8, 4) is 0 Å². The fourth-order valence-corrected chi connectivity index (χ4v) is 3.89. The fraction of sp³-hybridized carbons (Fsp3) is 0.900. The summed E-state index contributed by atoms with van der Waals surface area (Å²) in [5.74, 6) is -0.542. The molecule has 1 heterocycles. The van der Waals surface area contributed by atoms with Gasteiger partial charge in [0.2, 0.25) is 0 Å². The zero-order valence-electron chi connectivity index (χ0n) is 16.1. The van der Waals surface area contributed by atoms with Crippen molar-refractivity contribution in [3.05, 3.63) is 0 Å². The molecule has 0 aliphatic carbocycles. The van der Waals surface area contributed by atoms with Gasteiger partial charge < -0.3 is 25.4 Å². The van der Waals surface area contributed by atoms with Crippen molar-refractivity contribution < 1.29 is 24.9 Å². The van der Waals surface area contributed by atoms with E-state index < -0.39 is 12.1 Å². The minimum absolute atomic E-state index is 0.127. The molecule has 0 aromatic rings. The van der Waals surface area contributed by atoms with Gasteiger partial charge >= 0.3 is 5.97 Å². The largest absolute Gasteiger partial charge is 0.481 e. The normalized spacial score (nSPS) is 25.6. The molecule has 1 fully saturated rings. The van der Waals surface area contributed by atoms with Gasteiger partial charge in [-0.15, -0.1) is 0 Å². The first-order valence-electron chi connectivity index (χ1n) is 10.2. The van der Waals surface area contributed by atoms with Crippen molar-refractivity contribution in [1.82, 2.24) is 5.32 Å². The van der Waals surface area contributed by atoms with Crippen molar-refractivity contribution in [2.24, 2.45) is 5.92 Å². The number of rotatable bonds is 14. The van der Waals surface area contributed by atoms with E-state index in [0.717, 1.165) is 64.1 Å². The maximum absolute atomic E-state index is 11.0. The number of piperidine rings is 1. The van der Waals surface area contributed by atoms with Crippen LogP contribution in [0.15, 0.2) is 0 Å². The predicted octanol–water partition coefficient (Wildman–Crippen LogP) is 2.65. The van der Waals surface area contributed by atoms with Gasteiger partial charge in [0.1, 0.15) is 6.29 Å². The average molecular weight is 372 g/mol. The van der Waals surface area contributed by atoms with Crippen LogP contribution in [0.2, 0.25) is 0 Å². The molecule has 1 aliphatic rings. The predicted molar refractivity (Wildman–Crippen MR) is 101 cm³/mol. The summed E-state index contributed by atoms with van der Waals surface area (Å²) < 4.78 is 0. The lowest BCUT2D eigenvalue weighted by atomic mass is 9.86. The van der Waals surface area contributed by atoms with Gasteiger partial charge in [-0.2, -0.15) is 0 Å². The van der Waals surface area contributed by atoms with E-state index in [-0.39, 0.29) is 18.6 Å². The first kappa shape index (κ1) is 23.1. The number of aldehydes is 1. The molecular formula is C20H37NO5. The molecular weight excluding hydrogens is 334 g/mol. The number of aliphatic hydroxyl groups excluding tert-OH is 2. The van der Waals surface area contributed by atoms with Gasteiger partial charge in [0, 0.05) is 18.5 Å². The Morgan fingerprint density at radius 2 is 1.81 bits per heavy atom. The quantitative estimate of drug-likeness (QED) is 0.276. The van der Waals surface area contributed by atoms with Crippen LogP contribution >= 0.6 is 0 Å². The van der Waals surface area contributed by atoms with E-state index in [9.17, 15) is 19.8 Å². The van der Waals surface area contributed by atoms with E-state index in [4.69, 9.17) is 5.11 Å². The summed E-state index contributed by atoms with van der Waals surface area (Å²) in [5.41, 5.74) is 0. The molecule has 1 saturated heterocycles. The third-order valence-electron chi connectivity index (χ3n) is 5.49. The van der Waals surface area contributed by atoms with Gasteiger partial charge in [0.25, 0.3) is 0 Å². The zero-order chi connectivity index (χ0) is 19.4. The van der Waals surface area contributed by atoms with E-state index >= 15 is 0 Å². The lowest BCUT2D eigenvalue weighted by Gasteiger charge is -2.34. The number of carbonyl (C=O) groups excluding carboxylic acids is 1. The maximum atomic E-state index is 11.0. The second kappa shape index (κ2) is 13.2. The molecule has 4 N–H and O–H groups in total. The van der Waals surface area contributed by atoms with Crippen LogP contribution in [0.1, 0.15) is 84.0 Å². The number of carboxylic acid groups (broad SMARTS) is 1. The minimum atomic E-state index is -0.949. The van der Waals surface area contributed by atoms with Gasteiger partial charge in [-0.3, -0.25) is 4.79 Å². The lowest BCUT2D eigenvalue weighted by molar-refractivity contribution is -0.139. The van der Waals surface area contributed by atoms with Crippen molar-refractivity contribution in [3.63, 3.8) is 0 Å². The molecule has 26 heavy (non-hydrogen) atoms. The van der Waals surface area contributed by atoms with Gasteiger partial charge in [0.05, 0.1) is 18.6 Å². The van der Waals surface area contributed by atoms with E-state index in [1.807, 2.05) is 6.92 Å². The highest BCUT2D eigenvalue weighted by Gasteiger charge is 2.26. The number of hydrogen-bond donors (Lipinski definition) is 4. The Labute approximate surface area is 157 Å². The molecule has 1 aliphatic heterocycles. The molecule has 6 nitrogen and oxygen atoms in total. The van der Waals surface area contributed by atoms with Crippen molar-refractivity contribution >= 4 is 12.3 Å². The highest BCUT2D eigenvalue weighted by molar-refractivity contribution is 5.67. The first-order valence-corrected chi connectivity index (χ1v) is 10.2.